The van der Waals surface area contributed by atoms with Crippen LogP contribution in [0.1, 0.15) is 99.8 Å². The highest BCUT2D eigenvalue weighted by Crippen LogP contribution is 2.73. The van der Waals surface area contributed by atoms with Gasteiger partial charge in [0.2, 0.25) is 0 Å². The van der Waals surface area contributed by atoms with Crippen LogP contribution < -0.4 is 5.73 Å². The van der Waals surface area contributed by atoms with Gasteiger partial charge in [0, 0.05) is 22.8 Å². The highest BCUT2D eigenvalue weighted by molar-refractivity contribution is 7.82. The number of hydrogen-bond donors (Lipinski definition) is 2. The molecule has 0 aromatic heterocycles. The van der Waals surface area contributed by atoms with E-state index in [0.717, 1.165) is 31.3 Å². The van der Waals surface area contributed by atoms with E-state index in [4.69, 9.17) is 18.4 Å². The Bertz CT molecular complexity index is 1040. The van der Waals surface area contributed by atoms with Gasteiger partial charge in [-0.1, -0.05) is 47.6 Å². The average molecular weight is 498 g/mol. The van der Waals surface area contributed by atoms with Crippen LogP contribution in [0.25, 0.3) is 0 Å². The fraction of sp³-hybridized carbons (Fsp3) is 0.806. The van der Waals surface area contributed by atoms with Gasteiger partial charge in [0.15, 0.2) is 11.6 Å². The normalized spacial score (nSPS) is 50.8. The summed E-state index contributed by atoms with van der Waals surface area (Å²) < 4.78 is -0.723. The van der Waals surface area contributed by atoms with E-state index in [2.05, 4.69) is 47.6 Å². The quantitative estimate of drug-likeness (QED) is 0.417. The summed E-state index contributed by atoms with van der Waals surface area (Å²) in [7, 11) is 0. The zero-order valence-electron chi connectivity index (χ0n) is 23.1. The maximum Gasteiger partial charge on any atom is 0.174 e. The molecule has 0 saturated heterocycles. The van der Waals surface area contributed by atoms with Crippen LogP contribution in [0.5, 0.6) is 0 Å². The van der Waals surface area contributed by atoms with Crippen LogP contribution in [-0.4, -0.2) is 22.9 Å². The Kier molecular flexibility index (Phi) is 5.59. The second-order valence-corrected chi connectivity index (χ2v) is 15.5. The highest BCUT2D eigenvalue weighted by atomic mass is 32.1. The third-order valence-electron chi connectivity index (χ3n) is 12.3. The van der Waals surface area contributed by atoms with Gasteiger partial charge >= 0.3 is 0 Å². The number of thiol groups is 1. The molecule has 0 aromatic carbocycles. The van der Waals surface area contributed by atoms with Crippen molar-refractivity contribution in [3.63, 3.8) is 0 Å². The number of hydrogen-bond acceptors (Lipinski definition) is 4. The van der Waals surface area contributed by atoms with Gasteiger partial charge in [-0.05, 0) is 104 Å². The third-order valence-corrected chi connectivity index (χ3v) is 12.8. The maximum atomic E-state index is 14.4. The number of carbonyl (C=O) groups excluding carboxylic acids is 2. The molecular weight excluding hydrogens is 450 g/mol. The summed E-state index contributed by atoms with van der Waals surface area (Å²) in [6, 6.07) is 0. The lowest BCUT2D eigenvalue weighted by Crippen LogP contribution is -2.66. The number of rotatable bonds is 2. The molecule has 194 valence electrons. The molecule has 35 heavy (non-hydrogen) atoms. The first-order valence-corrected chi connectivity index (χ1v) is 14.5. The Labute approximate surface area is 218 Å². The molecular formula is C31H47NO2S. The molecule has 3 nitrogen and oxygen atoms in total. The van der Waals surface area contributed by atoms with Crippen LogP contribution in [0.4, 0.5) is 0 Å². The highest BCUT2D eigenvalue weighted by Gasteiger charge is 2.69. The molecule has 0 heterocycles. The molecule has 5 rings (SSSR count). The molecule has 3 saturated carbocycles. The van der Waals surface area contributed by atoms with Crippen molar-refractivity contribution < 1.29 is 9.59 Å². The molecule has 0 aliphatic heterocycles. The molecule has 3 fully saturated rings. The lowest BCUT2D eigenvalue weighted by molar-refractivity contribution is -0.170. The number of Topliss-reactive ketones (excluding diaryl/α,β-unsaturated/α-hetero) is 1. The largest absolute Gasteiger partial charge is 0.330 e. The number of carbonyl (C=O) groups is 2. The SMILES string of the molecule is CCC1=CC2(C)C3=CC(=O)C4(C)C5CC(C)(C)CCC5(C)CCC4C3(CN)CCC2C(C)(S)C1=O. The second-order valence-electron chi connectivity index (χ2n) is 14.6. The van der Waals surface area contributed by atoms with Crippen LogP contribution in [0, 0.1) is 44.8 Å². The Morgan fingerprint density at radius 2 is 1.60 bits per heavy atom. The fourth-order valence-electron chi connectivity index (χ4n) is 10.2. The van der Waals surface area contributed by atoms with E-state index in [0.29, 0.717) is 24.7 Å². The summed E-state index contributed by atoms with van der Waals surface area (Å²) >= 11 is 5.00. The van der Waals surface area contributed by atoms with Crippen LogP contribution in [0.15, 0.2) is 23.3 Å². The van der Waals surface area contributed by atoms with E-state index in [9.17, 15) is 9.59 Å². The van der Waals surface area contributed by atoms with E-state index in [1.54, 1.807) is 0 Å². The topological polar surface area (TPSA) is 60.2 Å². The van der Waals surface area contributed by atoms with Gasteiger partial charge in [-0.3, -0.25) is 9.59 Å². The van der Waals surface area contributed by atoms with Gasteiger partial charge in [-0.2, -0.15) is 12.6 Å². The summed E-state index contributed by atoms with van der Waals surface area (Å²) in [4.78, 5) is 27.8. The van der Waals surface area contributed by atoms with Gasteiger partial charge in [0.05, 0.1) is 4.75 Å². The second kappa shape index (κ2) is 7.59. The first-order chi connectivity index (χ1) is 16.1. The minimum Gasteiger partial charge on any atom is -0.330 e. The van der Waals surface area contributed by atoms with Crippen LogP contribution in [0.2, 0.25) is 0 Å². The first kappa shape index (κ1) is 25.8. The van der Waals surface area contributed by atoms with Crippen LogP contribution >= 0.6 is 12.6 Å². The summed E-state index contributed by atoms with van der Waals surface area (Å²) in [5.74, 6) is 1.21. The van der Waals surface area contributed by atoms with Crippen LogP contribution in [-0.2, 0) is 9.59 Å². The zero-order valence-corrected chi connectivity index (χ0v) is 24.0. The molecule has 0 aromatic rings. The molecule has 5 aliphatic rings. The van der Waals surface area contributed by atoms with Crippen molar-refractivity contribution in [2.45, 2.75) is 105 Å². The molecule has 0 radical (unpaired) electrons. The smallest absolute Gasteiger partial charge is 0.174 e. The molecule has 4 heteroatoms. The van der Waals surface area contributed by atoms with Crippen molar-refractivity contribution in [2.75, 3.05) is 6.54 Å². The van der Waals surface area contributed by atoms with Gasteiger partial charge < -0.3 is 5.73 Å². The number of ketones is 2. The van der Waals surface area contributed by atoms with Crippen molar-refractivity contribution >= 4 is 24.2 Å². The van der Waals surface area contributed by atoms with Crippen LogP contribution in [0.3, 0.4) is 0 Å². The van der Waals surface area contributed by atoms with E-state index in [1.165, 1.54) is 24.8 Å². The summed E-state index contributed by atoms with van der Waals surface area (Å²) in [6.07, 6.45) is 12.7. The lowest BCUT2D eigenvalue weighted by atomic mass is 9.35. The summed E-state index contributed by atoms with van der Waals surface area (Å²) in [5.41, 5.74) is 8.46. The Morgan fingerprint density at radius 1 is 0.943 bits per heavy atom. The molecule has 5 aliphatic carbocycles. The predicted molar refractivity (Wildman–Crippen MR) is 146 cm³/mol. The monoisotopic (exact) mass is 497 g/mol. The molecule has 2 N–H and O–H groups in total. The molecule has 0 bridgehead atoms. The Morgan fingerprint density at radius 3 is 2.23 bits per heavy atom. The van der Waals surface area contributed by atoms with Crippen molar-refractivity contribution in [3.8, 4) is 0 Å². The van der Waals surface area contributed by atoms with Gasteiger partial charge in [-0.25, -0.2) is 0 Å². The van der Waals surface area contributed by atoms with Crippen molar-refractivity contribution in [2.24, 2.45) is 50.6 Å². The minimum absolute atomic E-state index is 0.0756. The standard InChI is InChI=1S/C31H47NO2S/c1-8-19-16-28(5)20(30(7,35)25(19)34)10-12-31(18-32)21-9-11-27(4)14-13-26(2,3)17-23(27)29(21,6)24(33)15-22(28)31/h15-16,20-21,23,35H,8-14,17-18,32H2,1-7H3. The van der Waals surface area contributed by atoms with E-state index < -0.39 is 4.75 Å². The Hall–Kier alpha value is -0.870. The van der Waals surface area contributed by atoms with E-state index >= 15 is 0 Å². The van der Waals surface area contributed by atoms with E-state index in [-0.39, 0.29) is 44.7 Å². The first-order valence-electron chi connectivity index (χ1n) is 14.1. The molecule has 8 atom stereocenters. The predicted octanol–water partition coefficient (Wildman–Crippen LogP) is 6.71. The van der Waals surface area contributed by atoms with Gasteiger partial charge in [0.25, 0.3) is 0 Å². The van der Waals surface area contributed by atoms with Crippen molar-refractivity contribution in [1.82, 2.24) is 0 Å². The Balaban J connectivity index is 1.71. The molecule has 8 unspecified atom stereocenters. The third kappa shape index (κ3) is 3.14. The lowest BCUT2D eigenvalue weighted by Gasteiger charge is -2.68. The van der Waals surface area contributed by atoms with Crippen molar-refractivity contribution in [3.05, 3.63) is 23.3 Å². The fourth-order valence-corrected chi connectivity index (χ4v) is 10.8. The maximum absolute atomic E-state index is 14.4. The zero-order chi connectivity index (χ0) is 25.8. The summed E-state index contributed by atoms with van der Waals surface area (Å²) in [5, 5.41) is 0. The summed E-state index contributed by atoms with van der Waals surface area (Å²) in [6.45, 7) is 16.5. The molecule has 0 spiro atoms. The number of nitrogens with two attached hydrogens (primary N) is 1. The van der Waals surface area contributed by atoms with Gasteiger partial charge in [-0.15, -0.1) is 0 Å². The number of allylic oxidation sites excluding steroid dienone is 3. The van der Waals surface area contributed by atoms with Gasteiger partial charge in [0.1, 0.15) is 0 Å². The number of fused-ring (bicyclic) bond motifs is 7. The minimum atomic E-state index is -0.723. The van der Waals surface area contributed by atoms with E-state index in [1.807, 2.05) is 13.0 Å². The average Bonchev–Trinajstić information content (AvgIpc) is 2.78. The molecule has 0 amide bonds. The van der Waals surface area contributed by atoms with Crippen molar-refractivity contribution in [1.29, 1.82) is 0 Å².